The van der Waals surface area contributed by atoms with Crippen molar-refractivity contribution in [3.63, 3.8) is 0 Å². The van der Waals surface area contributed by atoms with Gasteiger partial charge in [-0.15, -0.1) is 0 Å². The number of carbonyl (C=O) groups is 2. The quantitative estimate of drug-likeness (QED) is 0.0554. The molecule has 0 amide bonds. The molecule has 0 aliphatic carbocycles. The molecule has 0 heterocycles. The Kier molecular flexibility index (Phi) is 35.5. The standard InChI is InChI=1S/C39H76O5/c1-3-5-7-9-11-13-15-16-17-18-19-20-21-22-24-25-27-29-31-33-38(41)43-36-37(35-40)44-39(42)34-32-30-28-26-23-14-12-10-8-6-4-2/h37,40H,3-36H2,1-2H3. The molecule has 5 heteroatoms. The summed E-state index contributed by atoms with van der Waals surface area (Å²) in [7, 11) is 0. The van der Waals surface area contributed by atoms with Crippen molar-refractivity contribution >= 4 is 11.9 Å². The summed E-state index contributed by atoms with van der Waals surface area (Å²) >= 11 is 0. The molecule has 0 fully saturated rings. The Morgan fingerprint density at radius 2 is 0.705 bits per heavy atom. The van der Waals surface area contributed by atoms with E-state index in [0.717, 1.165) is 32.1 Å². The second-order valence-corrected chi connectivity index (χ2v) is 13.4. The first-order valence-corrected chi connectivity index (χ1v) is 19.6. The lowest BCUT2D eigenvalue weighted by atomic mass is 10.0. The Morgan fingerprint density at radius 3 is 1.00 bits per heavy atom. The fourth-order valence-electron chi connectivity index (χ4n) is 5.91. The molecule has 0 aromatic rings. The Labute approximate surface area is 274 Å². The van der Waals surface area contributed by atoms with Crippen LogP contribution in [0.15, 0.2) is 0 Å². The number of ether oxygens (including phenoxy) is 2. The van der Waals surface area contributed by atoms with E-state index in [0.29, 0.717) is 12.8 Å². The minimum Gasteiger partial charge on any atom is -0.462 e. The molecule has 0 saturated carbocycles. The van der Waals surface area contributed by atoms with Crippen LogP contribution < -0.4 is 0 Å². The highest BCUT2D eigenvalue weighted by atomic mass is 16.6. The zero-order valence-electron chi connectivity index (χ0n) is 29.7. The Hall–Kier alpha value is -1.10. The van der Waals surface area contributed by atoms with E-state index in [4.69, 9.17) is 9.47 Å². The summed E-state index contributed by atoms with van der Waals surface area (Å²) in [5.74, 6) is -0.577. The van der Waals surface area contributed by atoms with Crippen molar-refractivity contribution in [1.29, 1.82) is 0 Å². The molecule has 1 unspecified atom stereocenters. The molecule has 262 valence electrons. The third kappa shape index (κ3) is 33.8. The van der Waals surface area contributed by atoms with Gasteiger partial charge in [0.15, 0.2) is 6.10 Å². The van der Waals surface area contributed by atoms with Crippen LogP contribution in [-0.4, -0.2) is 36.4 Å². The molecule has 1 N–H and O–H groups in total. The molecule has 0 aliphatic rings. The minimum absolute atomic E-state index is 0.0571. The Bertz CT molecular complexity index is 593. The fourth-order valence-corrected chi connectivity index (χ4v) is 5.91. The molecule has 0 aromatic heterocycles. The average Bonchev–Trinajstić information content (AvgIpc) is 3.02. The van der Waals surface area contributed by atoms with E-state index in [1.165, 1.54) is 161 Å². The first-order chi connectivity index (χ1) is 21.6. The third-order valence-electron chi connectivity index (χ3n) is 8.90. The molecule has 0 aromatic carbocycles. The van der Waals surface area contributed by atoms with Crippen LogP contribution in [0.2, 0.25) is 0 Å². The van der Waals surface area contributed by atoms with Gasteiger partial charge in [-0.1, -0.05) is 194 Å². The lowest BCUT2D eigenvalue weighted by molar-refractivity contribution is -0.161. The van der Waals surface area contributed by atoms with Gasteiger partial charge < -0.3 is 14.6 Å². The first-order valence-electron chi connectivity index (χ1n) is 19.6. The van der Waals surface area contributed by atoms with Crippen LogP contribution in [0, 0.1) is 0 Å². The van der Waals surface area contributed by atoms with Crippen LogP contribution in [0.1, 0.15) is 219 Å². The molecule has 0 radical (unpaired) electrons. The zero-order chi connectivity index (χ0) is 32.2. The number of hydrogen-bond acceptors (Lipinski definition) is 5. The first kappa shape index (κ1) is 42.9. The van der Waals surface area contributed by atoms with Gasteiger partial charge in [0.2, 0.25) is 0 Å². The van der Waals surface area contributed by atoms with Gasteiger partial charge in [-0.25, -0.2) is 0 Å². The van der Waals surface area contributed by atoms with Gasteiger partial charge in [-0.2, -0.15) is 0 Å². The predicted molar refractivity (Wildman–Crippen MR) is 187 cm³/mol. The third-order valence-corrected chi connectivity index (χ3v) is 8.90. The van der Waals surface area contributed by atoms with Gasteiger partial charge in [-0.05, 0) is 12.8 Å². The topological polar surface area (TPSA) is 72.8 Å². The van der Waals surface area contributed by atoms with E-state index >= 15 is 0 Å². The van der Waals surface area contributed by atoms with Gasteiger partial charge in [0.05, 0.1) is 6.61 Å². The lowest BCUT2D eigenvalue weighted by Crippen LogP contribution is -2.28. The average molecular weight is 625 g/mol. The van der Waals surface area contributed by atoms with Crippen LogP contribution in [0.4, 0.5) is 0 Å². The maximum absolute atomic E-state index is 12.1. The second-order valence-electron chi connectivity index (χ2n) is 13.4. The largest absolute Gasteiger partial charge is 0.462 e. The van der Waals surface area contributed by atoms with Crippen LogP contribution in [0.3, 0.4) is 0 Å². The van der Waals surface area contributed by atoms with E-state index in [-0.39, 0.29) is 25.2 Å². The molecule has 0 aliphatic heterocycles. The highest BCUT2D eigenvalue weighted by Gasteiger charge is 2.16. The number of unbranched alkanes of at least 4 members (excludes halogenated alkanes) is 28. The van der Waals surface area contributed by atoms with E-state index < -0.39 is 6.10 Å². The van der Waals surface area contributed by atoms with Crippen LogP contribution in [0.5, 0.6) is 0 Å². The monoisotopic (exact) mass is 625 g/mol. The number of aliphatic hydroxyl groups is 1. The van der Waals surface area contributed by atoms with Crippen molar-refractivity contribution in [3.8, 4) is 0 Å². The molecular formula is C39H76O5. The fraction of sp³-hybridized carbons (Fsp3) is 0.949. The molecule has 1 atom stereocenters. The van der Waals surface area contributed by atoms with Gasteiger partial charge >= 0.3 is 11.9 Å². The highest BCUT2D eigenvalue weighted by molar-refractivity contribution is 5.70. The van der Waals surface area contributed by atoms with E-state index in [2.05, 4.69) is 13.8 Å². The van der Waals surface area contributed by atoms with Crippen LogP contribution in [-0.2, 0) is 19.1 Å². The number of aliphatic hydroxyl groups excluding tert-OH is 1. The highest BCUT2D eigenvalue weighted by Crippen LogP contribution is 2.16. The molecule has 0 rings (SSSR count). The Morgan fingerprint density at radius 1 is 0.432 bits per heavy atom. The summed E-state index contributed by atoms with van der Waals surface area (Å²) in [5, 5.41) is 9.52. The van der Waals surface area contributed by atoms with E-state index in [1.54, 1.807) is 0 Å². The van der Waals surface area contributed by atoms with Crippen LogP contribution >= 0.6 is 0 Å². The summed E-state index contributed by atoms with van der Waals surface area (Å²) < 4.78 is 10.6. The van der Waals surface area contributed by atoms with Crippen molar-refractivity contribution in [2.75, 3.05) is 13.2 Å². The summed E-state index contributed by atoms with van der Waals surface area (Å²) in [4.78, 5) is 24.2. The van der Waals surface area contributed by atoms with Gasteiger partial charge in [0, 0.05) is 12.8 Å². The SMILES string of the molecule is CCCCCCCCCCCCCCCCCCCCCC(=O)OCC(CO)OC(=O)CCCCCCCCCCCCC. The van der Waals surface area contributed by atoms with Crippen LogP contribution in [0.25, 0.3) is 0 Å². The van der Waals surface area contributed by atoms with Gasteiger partial charge in [-0.3, -0.25) is 9.59 Å². The summed E-state index contributed by atoms with van der Waals surface area (Å²) in [6.07, 6.45) is 38.8. The number of esters is 2. The van der Waals surface area contributed by atoms with Crippen molar-refractivity contribution in [2.45, 2.75) is 225 Å². The molecule has 0 saturated heterocycles. The number of rotatable bonds is 36. The summed E-state index contributed by atoms with van der Waals surface area (Å²) in [5.41, 5.74) is 0. The zero-order valence-corrected chi connectivity index (χ0v) is 29.7. The van der Waals surface area contributed by atoms with Crippen molar-refractivity contribution in [2.24, 2.45) is 0 Å². The van der Waals surface area contributed by atoms with E-state index in [1.807, 2.05) is 0 Å². The Balaban J connectivity index is 3.46. The lowest BCUT2D eigenvalue weighted by Gasteiger charge is -2.15. The number of carbonyl (C=O) groups excluding carboxylic acids is 2. The predicted octanol–water partition coefficient (Wildman–Crippen LogP) is 12.0. The summed E-state index contributed by atoms with van der Waals surface area (Å²) in [6, 6.07) is 0. The second kappa shape index (κ2) is 36.4. The van der Waals surface area contributed by atoms with E-state index in [9.17, 15) is 14.7 Å². The normalized spacial score (nSPS) is 12.0. The molecule has 0 bridgehead atoms. The number of hydrogen-bond donors (Lipinski definition) is 1. The smallest absolute Gasteiger partial charge is 0.306 e. The van der Waals surface area contributed by atoms with Gasteiger partial charge in [0.25, 0.3) is 0 Å². The molecular weight excluding hydrogens is 548 g/mol. The minimum atomic E-state index is -0.760. The van der Waals surface area contributed by atoms with Crippen molar-refractivity contribution in [3.05, 3.63) is 0 Å². The van der Waals surface area contributed by atoms with Crippen molar-refractivity contribution < 1.29 is 24.2 Å². The van der Waals surface area contributed by atoms with Gasteiger partial charge in [0.1, 0.15) is 6.61 Å². The molecule has 0 spiro atoms. The maximum Gasteiger partial charge on any atom is 0.306 e. The summed E-state index contributed by atoms with van der Waals surface area (Å²) in [6.45, 7) is 4.15. The molecule has 5 nitrogen and oxygen atoms in total. The van der Waals surface area contributed by atoms with Crippen molar-refractivity contribution in [1.82, 2.24) is 0 Å². The molecule has 44 heavy (non-hydrogen) atoms. The maximum atomic E-state index is 12.1.